The smallest absolute Gasteiger partial charge is 0.109 e. The Morgan fingerprint density at radius 1 is 1.70 bits per heavy atom. The molecule has 10 heavy (non-hydrogen) atoms. The zero-order chi connectivity index (χ0) is 7.78. The molecule has 1 fully saturated rings. The van der Waals surface area contributed by atoms with Gasteiger partial charge in [-0.25, -0.2) is 0 Å². The average molecular weight is 138 g/mol. The Labute approximate surface area is 64.6 Å². The van der Waals surface area contributed by atoms with Gasteiger partial charge in [0.15, 0.2) is 0 Å². The monoisotopic (exact) mass is 138 g/mol. The van der Waals surface area contributed by atoms with E-state index in [0.717, 1.165) is 12.8 Å². The van der Waals surface area contributed by atoms with E-state index in [9.17, 15) is 0 Å². The van der Waals surface area contributed by atoms with Crippen molar-refractivity contribution in [1.82, 2.24) is 0 Å². The van der Waals surface area contributed by atoms with Crippen molar-refractivity contribution in [3.05, 3.63) is 0 Å². The molecule has 0 spiro atoms. The fourth-order valence-electron chi connectivity index (χ4n) is 1.54. The molecule has 3 atom stereocenters. The summed E-state index contributed by atoms with van der Waals surface area (Å²) >= 11 is 0. The van der Waals surface area contributed by atoms with Crippen molar-refractivity contribution < 1.29 is 4.74 Å². The van der Waals surface area contributed by atoms with Crippen molar-refractivity contribution in [2.24, 2.45) is 5.92 Å². The first-order valence-electron chi connectivity index (χ1n) is 4.02. The third kappa shape index (κ3) is 1.22. The third-order valence-corrected chi connectivity index (χ3v) is 2.75. The van der Waals surface area contributed by atoms with Crippen LogP contribution in [0.2, 0.25) is 0 Å². The fourth-order valence-corrected chi connectivity index (χ4v) is 1.54. The minimum absolute atomic E-state index is 0.0278. The van der Waals surface area contributed by atoms with Crippen LogP contribution in [0, 0.1) is 5.92 Å². The highest BCUT2D eigenvalue weighted by atomic mass is 16.5. The quantitative estimate of drug-likeness (QED) is 0.501. The fraction of sp³-hybridized carbons (Fsp3) is 1.00. The van der Waals surface area contributed by atoms with E-state index in [1.54, 1.807) is 0 Å². The molecule has 2 radical (unpaired) electrons. The van der Waals surface area contributed by atoms with Gasteiger partial charge in [-0.2, -0.15) is 0 Å². The van der Waals surface area contributed by atoms with E-state index in [2.05, 4.69) is 20.8 Å². The Morgan fingerprint density at radius 2 is 2.30 bits per heavy atom. The van der Waals surface area contributed by atoms with Gasteiger partial charge in [0.25, 0.3) is 0 Å². The number of rotatable bonds is 1. The van der Waals surface area contributed by atoms with Crippen molar-refractivity contribution in [1.29, 1.82) is 0 Å². The molecule has 1 nitrogen and oxygen atoms in total. The van der Waals surface area contributed by atoms with Crippen molar-refractivity contribution in [2.75, 3.05) is 0 Å². The van der Waals surface area contributed by atoms with Crippen LogP contribution in [0.3, 0.4) is 0 Å². The summed E-state index contributed by atoms with van der Waals surface area (Å²) in [5, 5.41) is 0. The Morgan fingerprint density at radius 3 is 2.50 bits per heavy atom. The molecule has 1 heterocycles. The van der Waals surface area contributed by atoms with Gasteiger partial charge in [0.05, 0.1) is 5.60 Å². The van der Waals surface area contributed by atoms with Gasteiger partial charge in [-0.3, -0.25) is 0 Å². The lowest BCUT2D eigenvalue weighted by Crippen LogP contribution is -2.29. The van der Waals surface area contributed by atoms with Crippen LogP contribution in [-0.4, -0.2) is 19.5 Å². The molecule has 1 aliphatic heterocycles. The highest BCUT2D eigenvalue weighted by Crippen LogP contribution is 2.36. The molecule has 0 N–H and O–H groups in total. The number of ether oxygens (including phenoxy) is 1. The molecule has 2 heteroatoms. The molecule has 0 aromatic rings. The van der Waals surface area contributed by atoms with Crippen LogP contribution >= 0.6 is 0 Å². The molecule has 0 amide bonds. The normalized spacial score (nSPS) is 47.9. The van der Waals surface area contributed by atoms with Crippen molar-refractivity contribution in [3.8, 4) is 0 Å². The van der Waals surface area contributed by atoms with E-state index >= 15 is 0 Å². The lowest BCUT2D eigenvalue weighted by atomic mass is 9.85. The summed E-state index contributed by atoms with van der Waals surface area (Å²) in [6.07, 6.45) is 2.06. The van der Waals surface area contributed by atoms with E-state index in [0.29, 0.717) is 5.92 Å². The van der Waals surface area contributed by atoms with Crippen LogP contribution in [0.25, 0.3) is 0 Å². The average Bonchev–Trinajstić information content (AvgIpc) is 2.09. The Balaban J connectivity index is 2.61. The number of hydrogen-bond donors (Lipinski definition) is 0. The van der Waals surface area contributed by atoms with Crippen LogP contribution < -0.4 is 0 Å². The van der Waals surface area contributed by atoms with E-state index < -0.39 is 0 Å². The SMILES string of the molecule is [B]C1C[C@@H](C)C(C)(CC)O1. The van der Waals surface area contributed by atoms with Gasteiger partial charge in [-0.1, -0.05) is 13.8 Å². The molecule has 0 bridgehead atoms. The van der Waals surface area contributed by atoms with Crippen LogP contribution in [0.4, 0.5) is 0 Å². The van der Waals surface area contributed by atoms with E-state index in [4.69, 9.17) is 12.6 Å². The predicted octanol–water partition coefficient (Wildman–Crippen LogP) is 1.71. The van der Waals surface area contributed by atoms with E-state index in [1.807, 2.05) is 0 Å². The molecule has 1 rings (SSSR count). The summed E-state index contributed by atoms with van der Waals surface area (Å²) in [5.41, 5.74) is 0.0411. The summed E-state index contributed by atoms with van der Waals surface area (Å²) < 4.78 is 5.59. The molecular formula is C8H15BO. The van der Waals surface area contributed by atoms with Gasteiger partial charge in [0, 0.05) is 6.00 Å². The van der Waals surface area contributed by atoms with Crippen LogP contribution in [-0.2, 0) is 4.74 Å². The number of hydrogen-bond acceptors (Lipinski definition) is 1. The van der Waals surface area contributed by atoms with Gasteiger partial charge in [0.2, 0.25) is 0 Å². The summed E-state index contributed by atoms with van der Waals surface area (Å²) in [6.45, 7) is 6.50. The Kier molecular flexibility index (Phi) is 2.09. The van der Waals surface area contributed by atoms with Gasteiger partial charge in [0.1, 0.15) is 7.85 Å². The van der Waals surface area contributed by atoms with Crippen LogP contribution in [0.1, 0.15) is 33.6 Å². The molecule has 2 unspecified atom stereocenters. The first kappa shape index (κ1) is 8.12. The van der Waals surface area contributed by atoms with Crippen LogP contribution in [0.5, 0.6) is 0 Å². The summed E-state index contributed by atoms with van der Waals surface area (Å²) in [5.74, 6) is 0.604. The van der Waals surface area contributed by atoms with Crippen molar-refractivity contribution in [2.45, 2.75) is 45.2 Å². The van der Waals surface area contributed by atoms with Crippen molar-refractivity contribution >= 4 is 7.85 Å². The molecule has 1 aliphatic rings. The second kappa shape index (κ2) is 2.57. The van der Waals surface area contributed by atoms with Gasteiger partial charge < -0.3 is 4.74 Å². The topological polar surface area (TPSA) is 9.23 Å². The largest absolute Gasteiger partial charge is 0.382 e. The van der Waals surface area contributed by atoms with Crippen LogP contribution in [0.15, 0.2) is 0 Å². The zero-order valence-corrected chi connectivity index (χ0v) is 7.05. The van der Waals surface area contributed by atoms with Crippen molar-refractivity contribution in [3.63, 3.8) is 0 Å². The lowest BCUT2D eigenvalue weighted by Gasteiger charge is -2.26. The highest BCUT2D eigenvalue weighted by molar-refractivity contribution is 6.11. The lowest BCUT2D eigenvalue weighted by molar-refractivity contribution is -0.0185. The highest BCUT2D eigenvalue weighted by Gasteiger charge is 2.38. The van der Waals surface area contributed by atoms with Gasteiger partial charge >= 0.3 is 0 Å². The second-order valence-corrected chi connectivity index (χ2v) is 3.46. The van der Waals surface area contributed by atoms with E-state index in [1.165, 1.54) is 0 Å². The molecule has 0 aromatic heterocycles. The molecule has 0 aromatic carbocycles. The van der Waals surface area contributed by atoms with Gasteiger partial charge in [-0.05, 0) is 25.7 Å². The maximum Gasteiger partial charge on any atom is 0.109 e. The van der Waals surface area contributed by atoms with Gasteiger partial charge in [-0.15, -0.1) is 0 Å². The van der Waals surface area contributed by atoms with E-state index in [-0.39, 0.29) is 11.6 Å². The minimum Gasteiger partial charge on any atom is -0.382 e. The first-order valence-corrected chi connectivity index (χ1v) is 4.02. The summed E-state index contributed by atoms with van der Waals surface area (Å²) in [4.78, 5) is 0. The standard InChI is InChI=1S/C8H15BO/c1-4-8(3)6(2)5-7(9)10-8/h6-7H,4-5H2,1-3H3/t6-,7?,8?/m1/s1. The maximum atomic E-state index is 5.65. The summed E-state index contributed by atoms with van der Waals surface area (Å²) in [6, 6.07) is -0.0278. The predicted molar refractivity (Wildman–Crippen MR) is 43.1 cm³/mol. The second-order valence-electron chi connectivity index (χ2n) is 3.46. The third-order valence-electron chi connectivity index (χ3n) is 2.75. The first-order chi connectivity index (χ1) is 4.58. The molecular weight excluding hydrogens is 123 g/mol. The molecule has 56 valence electrons. The maximum absolute atomic E-state index is 5.65. The zero-order valence-electron chi connectivity index (χ0n) is 7.05. The molecule has 0 saturated carbocycles. The Bertz CT molecular complexity index is 126. The minimum atomic E-state index is -0.0278. The summed E-state index contributed by atoms with van der Waals surface area (Å²) in [7, 11) is 5.65. The Hall–Kier alpha value is 0.0249. The molecule has 1 saturated heterocycles. The molecule has 0 aliphatic carbocycles.